The van der Waals surface area contributed by atoms with Gasteiger partial charge in [-0.3, -0.25) is 9.69 Å². The summed E-state index contributed by atoms with van der Waals surface area (Å²) in [5, 5.41) is 9.46. The van der Waals surface area contributed by atoms with Crippen molar-refractivity contribution in [3.8, 4) is 5.75 Å². The van der Waals surface area contributed by atoms with Gasteiger partial charge in [-0.25, -0.2) is 4.39 Å². The van der Waals surface area contributed by atoms with Crippen LogP contribution in [0.3, 0.4) is 0 Å². The van der Waals surface area contributed by atoms with Crippen LogP contribution in [0, 0.1) is 11.2 Å². The van der Waals surface area contributed by atoms with E-state index in [-0.39, 0.29) is 11.9 Å². The number of halogens is 1. The zero-order valence-electron chi connectivity index (χ0n) is 12.7. The van der Waals surface area contributed by atoms with Crippen molar-refractivity contribution in [2.45, 2.75) is 32.7 Å². The molecule has 1 aromatic carbocycles. The van der Waals surface area contributed by atoms with Crippen molar-refractivity contribution in [1.82, 2.24) is 4.90 Å². The summed E-state index contributed by atoms with van der Waals surface area (Å²) < 4.78 is 19.4. The fourth-order valence-electron chi connectivity index (χ4n) is 3.13. The van der Waals surface area contributed by atoms with E-state index in [1.54, 1.807) is 12.1 Å². The summed E-state index contributed by atoms with van der Waals surface area (Å²) in [6.07, 6.45) is 1.18. The molecule has 2 atom stereocenters. The van der Waals surface area contributed by atoms with Crippen LogP contribution in [0.15, 0.2) is 18.2 Å². The molecule has 4 nitrogen and oxygen atoms in total. The summed E-state index contributed by atoms with van der Waals surface area (Å²) in [4.78, 5) is 13.6. The minimum atomic E-state index is -0.764. The number of hydrogen-bond donors (Lipinski definition) is 1. The molecule has 116 valence electrons. The molecule has 1 aliphatic heterocycles. The maximum atomic E-state index is 14.2. The van der Waals surface area contributed by atoms with Crippen LogP contribution < -0.4 is 4.74 Å². The first-order valence-electron chi connectivity index (χ1n) is 7.25. The molecule has 0 amide bonds. The molecule has 1 N–H and O–H groups in total. The van der Waals surface area contributed by atoms with Gasteiger partial charge in [-0.1, -0.05) is 13.0 Å². The van der Waals surface area contributed by atoms with Crippen molar-refractivity contribution in [3.05, 3.63) is 29.6 Å². The van der Waals surface area contributed by atoms with Crippen LogP contribution in [0.5, 0.6) is 5.75 Å². The third kappa shape index (κ3) is 2.75. The number of hydrogen-bond acceptors (Lipinski definition) is 3. The maximum absolute atomic E-state index is 14.2. The number of methoxy groups -OCH3 is 1. The molecule has 1 aromatic rings. The van der Waals surface area contributed by atoms with E-state index >= 15 is 0 Å². The summed E-state index contributed by atoms with van der Waals surface area (Å²) in [5.41, 5.74) is -0.218. The largest absolute Gasteiger partial charge is 0.496 e. The summed E-state index contributed by atoms with van der Waals surface area (Å²) in [7, 11) is 1.52. The van der Waals surface area contributed by atoms with E-state index in [0.29, 0.717) is 37.2 Å². The number of nitrogens with zero attached hydrogens (tertiary/aromatic N) is 1. The molecule has 1 aliphatic rings. The maximum Gasteiger partial charge on any atom is 0.310 e. The Morgan fingerprint density at radius 2 is 2.29 bits per heavy atom. The van der Waals surface area contributed by atoms with Crippen molar-refractivity contribution >= 4 is 5.97 Å². The van der Waals surface area contributed by atoms with Crippen molar-refractivity contribution in [1.29, 1.82) is 0 Å². The van der Waals surface area contributed by atoms with Crippen molar-refractivity contribution in [2.24, 2.45) is 5.41 Å². The lowest BCUT2D eigenvalue weighted by Crippen LogP contribution is -2.35. The first-order valence-corrected chi connectivity index (χ1v) is 7.25. The van der Waals surface area contributed by atoms with Crippen LogP contribution in [0.4, 0.5) is 4.39 Å². The quantitative estimate of drug-likeness (QED) is 0.907. The van der Waals surface area contributed by atoms with Crippen LogP contribution in [-0.2, 0) is 4.79 Å². The van der Waals surface area contributed by atoms with Gasteiger partial charge >= 0.3 is 5.97 Å². The molecule has 2 rings (SSSR count). The third-order valence-electron chi connectivity index (χ3n) is 4.71. The standard InChI is InChI=1S/C16H22FNO3/c1-4-16(15(19)20)8-9-18(10-16)11(2)14-12(17)6-5-7-13(14)21-3/h5-7,11H,4,8-10H2,1-3H3,(H,19,20). The number of ether oxygens (including phenoxy) is 1. The fraction of sp³-hybridized carbons (Fsp3) is 0.562. The van der Waals surface area contributed by atoms with Crippen LogP contribution in [0.2, 0.25) is 0 Å². The Kier molecular flexibility index (Phi) is 4.52. The molecular weight excluding hydrogens is 273 g/mol. The van der Waals surface area contributed by atoms with Gasteiger partial charge in [0.1, 0.15) is 11.6 Å². The monoisotopic (exact) mass is 295 g/mol. The van der Waals surface area contributed by atoms with Crippen molar-refractivity contribution in [2.75, 3.05) is 20.2 Å². The normalized spacial score (nSPS) is 24.0. The van der Waals surface area contributed by atoms with E-state index in [1.165, 1.54) is 13.2 Å². The van der Waals surface area contributed by atoms with Crippen LogP contribution in [0.25, 0.3) is 0 Å². The first kappa shape index (κ1) is 15.8. The number of carboxylic acid groups (broad SMARTS) is 1. The molecular formula is C16H22FNO3. The van der Waals surface area contributed by atoms with Crippen LogP contribution in [0.1, 0.15) is 38.3 Å². The SMILES string of the molecule is CCC1(C(=O)O)CCN(C(C)c2c(F)cccc2OC)C1. The van der Waals surface area contributed by atoms with Crippen molar-refractivity contribution < 1.29 is 19.0 Å². The molecule has 0 aliphatic carbocycles. The van der Waals surface area contributed by atoms with Gasteiger partial charge in [0.25, 0.3) is 0 Å². The Labute approximate surface area is 124 Å². The van der Waals surface area contributed by atoms with E-state index in [0.717, 1.165) is 0 Å². The highest BCUT2D eigenvalue weighted by Crippen LogP contribution is 2.40. The molecule has 0 radical (unpaired) electrons. The molecule has 0 saturated carbocycles. The van der Waals surface area contributed by atoms with Crippen molar-refractivity contribution in [3.63, 3.8) is 0 Å². The Balaban J connectivity index is 2.27. The Morgan fingerprint density at radius 1 is 1.57 bits per heavy atom. The molecule has 1 fully saturated rings. The highest BCUT2D eigenvalue weighted by atomic mass is 19.1. The van der Waals surface area contributed by atoms with Gasteiger partial charge in [-0.05, 0) is 38.4 Å². The van der Waals surface area contributed by atoms with Gasteiger partial charge < -0.3 is 9.84 Å². The van der Waals surface area contributed by atoms with Gasteiger partial charge in [0.15, 0.2) is 0 Å². The Bertz CT molecular complexity index is 534. The van der Waals surface area contributed by atoms with Gasteiger partial charge in [0.05, 0.1) is 12.5 Å². The van der Waals surface area contributed by atoms with Gasteiger partial charge in [-0.15, -0.1) is 0 Å². The van der Waals surface area contributed by atoms with E-state index < -0.39 is 11.4 Å². The summed E-state index contributed by atoms with van der Waals surface area (Å²) in [6.45, 7) is 4.89. The number of benzene rings is 1. The second-order valence-corrected chi connectivity index (χ2v) is 5.69. The molecule has 1 heterocycles. The molecule has 2 unspecified atom stereocenters. The molecule has 5 heteroatoms. The summed E-state index contributed by atoms with van der Waals surface area (Å²) in [5.74, 6) is -0.571. The number of carboxylic acids is 1. The third-order valence-corrected chi connectivity index (χ3v) is 4.71. The van der Waals surface area contributed by atoms with E-state index in [1.807, 2.05) is 18.7 Å². The lowest BCUT2D eigenvalue weighted by Gasteiger charge is -2.28. The minimum absolute atomic E-state index is 0.214. The van der Waals surface area contributed by atoms with Crippen LogP contribution >= 0.6 is 0 Å². The molecule has 0 aromatic heterocycles. The Hall–Kier alpha value is -1.62. The van der Waals surface area contributed by atoms with Crippen LogP contribution in [-0.4, -0.2) is 36.2 Å². The fourth-order valence-corrected chi connectivity index (χ4v) is 3.13. The average molecular weight is 295 g/mol. The lowest BCUT2D eigenvalue weighted by atomic mass is 9.84. The summed E-state index contributed by atoms with van der Waals surface area (Å²) in [6, 6.07) is 4.54. The average Bonchev–Trinajstić information content (AvgIpc) is 2.92. The molecule has 0 spiro atoms. The van der Waals surface area contributed by atoms with Gasteiger partial charge in [0.2, 0.25) is 0 Å². The number of carbonyl (C=O) groups is 1. The highest BCUT2D eigenvalue weighted by Gasteiger charge is 2.45. The number of likely N-dealkylation sites (tertiary alicyclic amines) is 1. The predicted molar refractivity (Wildman–Crippen MR) is 77.9 cm³/mol. The minimum Gasteiger partial charge on any atom is -0.496 e. The molecule has 21 heavy (non-hydrogen) atoms. The number of rotatable bonds is 5. The first-order chi connectivity index (χ1) is 9.95. The Morgan fingerprint density at radius 3 is 2.81 bits per heavy atom. The smallest absolute Gasteiger partial charge is 0.310 e. The van der Waals surface area contributed by atoms with Gasteiger partial charge in [0, 0.05) is 18.2 Å². The number of aliphatic carboxylic acids is 1. The van der Waals surface area contributed by atoms with E-state index in [9.17, 15) is 14.3 Å². The van der Waals surface area contributed by atoms with E-state index in [4.69, 9.17) is 4.74 Å². The second kappa shape index (κ2) is 6.02. The van der Waals surface area contributed by atoms with Gasteiger partial charge in [-0.2, -0.15) is 0 Å². The van der Waals surface area contributed by atoms with E-state index in [2.05, 4.69) is 0 Å². The molecule has 1 saturated heterocycles. The summed E-state index contributed by atoms with van der Waals surface area (Å²) >= 11 is 0. The predicted octanol–water partition coefficient (Wildman–Crippen LogP) is 3.08. The zero-order valence-corrected chi connectivity index (χ0v) is 12.7. The zero-order chi connectivity index (χ0) is 15.6. The molecule has 0 bridgehead atoms. The lowest BCUT2D eigenvalue weighted by molar-refractivity contribution is -0.148. The topological polar surface area (TPSA) is 49.8 Å². The second-order valence-electron chi connectivity index (χ2n) is 5.69. The highest BCUT2D eigenvalue weighted by molar-refractivity contribution is 5.75.